The highest BCUT2D eigenvalue weighted by atomic mass is 16.6. The van der Waals surface area contributed by atoms with E-state index in [1.165, 1.54) is 0 Å². The van der Waals surface area contributed by atoms with Crippen molar-refractivity contribution in [2.45, 2.75) is 59.8 Å². The second-order valence-corrected chi connectivity index (χ2v) is 11.7. The molecule has 0 aromatic rings. The molecule has 16 nitrogen and oxygen atoms in total. The van der Waals surface area contributed by atoms with E-state index in [0.29, 0.717) is 144 Å². The third-order valence-electron chi connectivity index (χ3n) is 7.19. The summed E-state index contributed by atoms with van der Waals surface area (Å²) in [5.41, 5.74) is -0.674. The average Bonchev–Trinajstić information content (AvgIpc) is 3.14. The highest BCUT2D eigenvalue weighted by molar-refractivity contribution is 5.78. The van der Waals surface area contributed by atoms with Crippen LogP contribution in [0.3, 0.4) is 0 Å². The number of ether oxygens (including phenoxy) is 8. The number of hydrogen-bond acceptors (Lipinski definition) is 13. The Kier molecular flexibility index (Phi) is 34.5. The van der Waals surface area contributed by atoms with Crippen LogP contribution in [-0.2, 0) is 57.1 Å². The molecular weight excluding hydrogens is 668 g/mol. The van der Waals surface area contributed by atoms with E-state index in [2.05, 4.69) is 21.3 Å². The minimum Gasteiger partial charge on any atom is -0.378 e. The van der Waals surface area contributed by atoms with Crippen molar-refractivity contribution in [2.75, 3.05) is 138 Å². The molecule has 4 N–H and O–H groups in total. The zero-order chi connectivity index (χ0) is 37.7. The second kappa shape index (κ2) is 36.1. The molecule has 0 heterocycles. The third kappa shape index (κ3) is 32.1. The Bertz CT molecular complexity index is 790. The van der Waals surface area contributed by atoms with E-state index in [1.54, 1.807) is 20.8 Å². The summed E-state index contributed by atoms with van der Waals surface area (Å²) in [6.45, 7) is 15.3. The normalized spacial score (nSPS) is 11.5. The summed E-state index contributed by atoms with van der Waals surface area (Å²) in [7, 11) is 0. The van der Waals surface area contributed by atoms with Gasteiger partial charge in [0.25, 0.3) is 0 Å². The van der Waals surface area contributed by atoms with E-state index in [-0.39, 0.29) is 49.9 Å². The van der Waals surface area contributed by atoms with E-state index in [4.69, 9.17) is 37.9 Å². The Hall–Kier alpha value is -2.28. The quantitative estimate of drug-likeness (QED) is 0.0645. The number of nitrogens with one attached hydrogen (secondary N) is 4. The third-order valence-corrected chi connectivity index (χ3v) is 7.19. The fraction of sp³-hybridized carbons (Fsp3) is 0.886. The van der Waals surface area contributed by atoms with Gasteiger partial charge in [-0.15, -0.1) is 0 Å². The van der Waals surface area contributed by atoms with Gasteiger partial charge in [-0.05, 0) is 0 Å². The van der Waals surface area contributed by atoms with Gasteiger partial charge in [0.1, 0.15) is 5.78 Å². The molecule has 0 saturated heterocycles. The number of ketones is 1. The Balaban J connectivity index is 5.01. The summed E-state index contributed by atoms with van der Waals surface area (Å²) in [5.74, 6) is 0.161. The first-order chi connectivity index (χ1) is 24.8. The van der Waals surface area contributed by atoms with E-state index in [0.717, 1.165) is 0 Å². The van der Waals surface area contributed by atoms with Crippen LogP contribution in [0.4, 0.5) is 0 Å². The van der Waals surface area contributed by atoms with Gasteiger partial charge >= 0.3 is 0 Å². The number of carbonyl (C=O) groups excluding carboxylic acids is 4. The molecule has 0 aliphatic rings. The standard InChI is InChI=1S/C35H68N4O12/c1-5-31(40)9-10-36-11-15-44-19-23-48-27-35(28-49-24-20-45-16-12-37-32(41)6-2,29-50-25-21-46-17-13-38-33(42)7-3)30-51-26-22-47-18-14-39-34(43)8-4/h36H,5-30H2,1-4H3,(H,37,41)(H,38,42)(H,39,43). The minimum atomic E-state index is -0.674. The molecule has 0 atom stereocenters. The van der Waals surface area contributed by atoms with Crippen LogP contribution in [0, 0.1) is 5.41 Å². The molecule has 51 heavy (non-hydrogen) atoms. The predicted molar refractivity (Wildman–Crippen MR) is 192 cm³/mol. The van der Waals surface area contributed by atoms with Crippen molar-refractivity contribution in [3.63, 3.8) is 0 Å². The van der Waals surface area contributed by atoms with E-state index in [1.807, 2.05) is 6.92 Å². The van der Waals surface area contributed by atoms with Gasteiger partial charge in [0.2, 0.25) is 17.7 Å². The molecule has 0 fully saturated rings. The molecule has 0 aliphatic heterocycles. The van der Waals surface area contributed by atoms with Crippen LogP contribution in [-0.4, -0.2) is 162 Å². The first-order valence-electron chi connectivity index (χ1n) is 18.5. The Morgan fingerprint density at radius 3 is 1.02 bits per heavy atom. The lowest BCUT2D eigenvalue weighted by Crippen LogP contribution is -2.43. The lowest BCUT2D eigenvalue weighted by Gasteiger charge is -2.33. The first kappa shape index (κ1) is 48.7. The summed E-state index contributed by atoms with van der Waals surface area (Å²) in [4.78, 5) is 45.7. The highest BCUT2D eigenvalue weighted by Crippen LogP contribution is 2.21. The van der Waals surface area contributed by atoms with Crippen LogP contribution in [0.1, 0.15) is 59.8 Å². The fourth-order valence-corrected chi connectivity index (χ4v) is 4.12. The van der Waals surface area contributed by atoms with Gasteiger partial charge in [0.15, 0.2) is 0 Å². The van der Waals surface area contributed by atoms with Gasteiger partial charge in [0, 0.05) is 64.8 Å². The van der Waals surface area contributed by atoms with E-state index >= 15 is 0 Å². The van der Waals surface area contributed by atoms with Crippen molar-refractivity contribution in [3.05, 3.63) is 0 Å². The summed E-state index contributed by atoms with van der Waals surface area (Å²) < 4.78 is 46.6. The molecule has 0 unspecified atom stereocenters. The molecule has 0 saturated carbocycles. The molecule has 0 bridgehead atoms. The molecule has 0 rings (SSSR count). The second-order valence-electron chi connectivity index (χ2n) is 11.7. The number of carbonyl (C=O) groups is 4. The summed E-state index contributed by atoms with van der Waals surface area (Å²) in [5, 5.41) is 11.5. The number of Topliss-reactive ketones (excluding diaryl/α,β-unsaturated/α-hetero) is 1. The number of amides is 3. The smallest absolute Gasteiger partial charge is 0.219 e. The van der Waals surface area contributed by atoms with Gasteiger partial charge in [-0.3, -0.25) is 19.2 Å². The SMILES string of the molecule is CCC(=O)CCNCCOCCOCC(COCCOCCNC(=O)CC)(COCCOCCNC(=O)CC)COCCOCCNC(=O)CC. The van der Waals surface area contributed by atoms with Gasteiger partial charge in [-0.1, -0.05) is 27.7 Å². The van der Waals surface area contributed by atoms with Crippen molar-refractivity contribution in [1.82, 2.24) is 21.3 Å². The maximum atomic E-state index is 11.4. The maximum Gasteiger partial charge on any atom is 0.219 e. The molecule has 0 aromatic carbocycles. The Labute approximate surface area is 305 Å². The largest absolute Gasteiger partial charge is 0.378 e. The highest BCUT2D eigenvalue weighted by Gasteiger charge is 2.32. The van der Waals surface area contributed by atoms with Gasteiger partial charge < -0.3 is 59.2 Å². The van der Waals surface area contributed by atoms with Gasteiger partial charge in [-0.25, -0.2) is 0 Å². The van der Waals surface area contributed by atoms with Crippen LogP contribution in [0.2, 0.25) is 0 Å². The van der Waals surface area contributed by atoms with Crippen LogP contribution >= 0.6 is 0 Å². The zero-order valence-electron chi connectivity index (χ0n) is 31.8. The van der Waals surface area contributed by atoms with Crippen molar-refractivity contribution in [2.24, 2.45) is 5.41 Å². The average molecular weight is 737 g/mol. The lowest BCUT2D eigenvalue weighted by molar-refractivity contribution is -0.122. The molecule has 0 spiro atoms. The van der Waals surface area contributed by atoms with Gasteiger partial charge in [-0.2, -0.15) is 0 Å². The van der Waals surface area contributed by atoms with Crippen molar-refractivity contribution >= 4 is 23.5 Å². The van der Waals surface area contributed by atoms with Crippen molar-refractivity contribution in [1.29, 1.82) is 0 Å². The van der Waals surface area contributed by atoms with Crippen molar-refractivity contribution in [3.8, 4) is 0 Å². The zero-order valence-corrected chi connectivity index (χ0v) is 31.8. The molecular formula is C35H68N4O12. The monoisotopic (exact) mass is 736 g/mol. The number of hydrogen-bond donors (Lipinski definition) is 4. The minimum absolute atomic E-state index is 0.0240. The topological polar surface area (TPSA) is 190 Å². The molecule has 0 aliphatic carbocycles. The fourth-order valence-electron chi connectivity index (χ4n) is 4.12. The summed E-state index contributed by atoms with van der Waals surface area (Å²) in [6.07, 6.45) is 2.35. The Morgan fingerprint density at radius 2 is 0.706 bits per heavy atom. The molecule has 16 heteroatoms. The van der Waals surface area contributed by atoms with E-state index in [9.17, 15) is 19.2 Å². The number of rotatable bonds is 39. The van der Waals surface area contributed by atoms with Crippen LogP contribution in [0.15, 0.2) is 0 Å². The first-order valence-corrected chi connectivity index (χ1v) is 18.5. The molecule has 3 amide bonds. The van der Waals surface area contributed by atoms with E-state index < -0.39 is 5.41 Å². The molecule has 0 radical (unpaired) electrons. The summed E-state index contributed by atoms with van der Waals surface area (Å²) >= 11 is 0. The van der Waals surface area contributed by atoms with Crippen LogP contribution in [0.25, 0.3) is 0 Å². The van der Waals surface area contributed by atoms with Crippen molar-refractivity contribution < 1.29 is 57.1 Å². The maximum absolute atomic E-state index is 11.4. The lowest BCUT2D eigenvalue weighted by atomic mass is 9.92. The van der Waals surface area contributed by atoms with Gasteiger partial charge in [0.05, 0.1) is 111 Å². The van der Waals surface area contributed by atoms with Crippen LogP contribution < -0.4 is 21.3 Å². The molecule has 0 aromatic heterocycles. The molecule has 300 valence electrons. The van der Waals surface area contributed by atoms with Crippen LogP contribution in [0.5, 0.6) is 0 Å². The Morgan fingerprint density at radius 1 is 0.392 bits per heavy atom. The predicted octanol–water partition coefficient (Wildman–Crippen LogP) is 0.643. The summed E-state index contributed by atoms with van der Waals surface area (Å²) in [6, 6.07) is 0.